The first-order valence-electron chi connectivity index (χ1n) is 8.77. The minimum Gasteiger partial charge on any atom is -0.454 e. The summed E-state index contributed by atoms with van der Waals surface area (Å²) in [7, 11) is 0. The van der Waals surface area contributed by atoms with Gasteiger partial charge >= 0.3 is 0 Å². The molecule has 0 aliphatic carbocycles. The third-order valence-corrected chi connectivity index (χ3v) is 6.67. The number of amides is 1. The molecular weight excluding hydrogens is 366 g/mol. The molecule has 1 amide bonds. The van der Waals surface area contributed by atoms with Gasteiger partial charge in [0, 0.05) is 11.4 Å². The molecule has 1 atom stereocenters. The second-order valence-corrected chi connectivity index (χ2v) is 8.60. The number of carbonyl (C=O) groups is 1. The number of carbonyl (C=O) groups excluding carboxylic acids is 1. The van der Waals surface area contributed by atoms with E-state index in [1.54, 1.807) is 11.8 Å². The van der Waals surface area contributed by atoms with Gasteiger partial charge < -0.3 is 14.4 Å². The van der Waals surface area contributed by atoms with Gasteiger partial charge in [-0.05, 0) is 47.6 Å². The molecule has 2 aromatic rings. The summed E-state index contributed by atoms with van der Waals surface area (Å²) in [5, 5.41) is 0.109. The highest BCUT2D eigenvalue weighted by molar-refractivity contribution is 8.00. The van der Waals surface area contributed by atoms with Crippen molar-refractivity contribution in [2.45, 2.75) is 23.6 Å². The van der Waals surface area contributed by atoms with Crippen LogP contribution < -0.4 is 9.47 Å². The molecule has 4 nitrogen and oxygen atoms in total. The van der Waals surface area contributed by atoms with Crippen molar-refractivity contribution in [3.8, 4) is 11.5 Å². The Kier molecular flexibility index (Phi) is 5.31. The molecule has 0 N–H and O–H groups in total. The van der Waals surface area contributed by atoms with Crippen LogP contribution in [-0.4, -0.2) is 35.7 Å². The van der Waals surface area contributed by atoms with Gasteiger partial charge in [-0.2, -0.15) is 0 Å². The van der Waals surface area contributed by atoms with Crippen LogP contribution in [-0.2, 0) is 11.2 Å². The average molecular weight is 388 g/mol. The van der Waals surface area contributed by atoms with E-state index in [2.05, 4.69) is 31.2 Å². The van der Waals surface area contributed by atoms with E-state index in [1.165, 1.54) is 10.5 Å². The van der Waals surface area contributed by atoms with E-state index in [9.17, 15) is 4.79 Å². The highest BCUT2D eigenvalue weighted by Crippen LogP contribution is 2.39. The molecule has 2 heterocycles. The fourth-order valence-corrected chi connectivity index (χ4v) is 5.09. The Hall–Kier alpha value is -1.79. The SMILES string of the molecule is CCSc1ccc(C2SCC(=O)N2CCc2ccc3c(c2)OCO3)cc1. The van der Waals surface area contributed by atoms with Crippen molar-refractivity contribution in [1.82, 2.24) is 4.90 Å². The summed E-state index contributed by atoms with van der Waals surface area (Å²) in [6.45, 7) is 3.15. The lowest BCUT2D eigenvalue weighted by Crippen LogP contribution is -2.30. The van der Waals surface area contributed by atoms with Crippen LogP contribution in [0, 0.1) is 0 Å². The van der Waals surface area contributed by atoms with Crippen LogP contribution in [0.1, 0.15) is 23.4 Å². The zero-order valence-corrected chi connectivity index (χ0v) is 16.3. The summed E-state index contributed by atoms with van der Waals surface area (Å²) in [5.41, 5.74) is 2.36. The standard InChI is InChI=1S/C20H21NO3S2/c1-2-25-16-6-4-15(5-7-16)20-21(19(22)12-26-20)10-9-14-3-8-17-18(11-14)24-13-23-17/h3-8,11,20H,2,9-10,12-13H2,1H3. The van der Waals surface area contributed by atoms with Crippen molar-refractivity contribution < 1.29 is 14.3 Å². The molecule has 0 saturated carbocycles. The molecule has 6 heteroatoms. The summed E-state index contributed by atoms with van der Waals surface area (Å²) < 4.78 is 10.8. The number of hydrogen-bond donors (Lipinski definition) is 0. The summed E-state index contributed by atoms with van der Waals surface area (Å²) in [6, 6.07) is 14.6. The maximum atomic E-state index is 12.4. The number of nitrogens with zero attached hydrogens (tertiary/aromatic N) is 1. The summed E-state index contributed by atoms with van der Waals surface area (Å²) in [4.78, 5) is 15.7. The Morgan fingerprint density at radius 1 is 1.15 bits per heavy atom. The van der Waals surface area contributed by atoms with Crippen LogP contribution in [0.5, 0.6) is 11.5 Å². The number of thioether (sulfide) groups is 2. The minimum atomic E-state index is 0.109. The lowest BCUT2D eigenvalue weighted by atomic mass is 10.1. The topological polar surface area (TPSA) is 38.8 Å². The van der Waals surface area contributed by atoms with Crippen LogP contribution in [0.4, 0.5) is 0 Å². The van der Waals surface area contributed by atoms with Gasteiger partial charge in [0.1, 0.15) is 5.37 Å². The highest BCUT2D eigenvalue weighted by Gasteiger charge is 2.32. The van der Waals surface area contributed by atoms with Crippen LogP contribution in [0.3, 0.4) is 0 Å². The maximum Gasteiger partial charge on any atom is 0.233 e. The molecule has 2 aromatic carbocycles. The molecule has 1 saturated heterocycles. The zero-order valence-electron chi connectivity index (χ0n) is 14.6. The predicted octanol–water partition coefficient (Wildman–Crippen LogP) is 4.34. The van der Waals surface area contributed by atoms with Crippen molar-refractivity contribution >= 4 is 29.4 Å². The maximum absolute atomic E-state index is 12.4. The van der Waals surface area contributed by atoms with Crippen LogP contribution in [0.15, 0.2) is 47.4 Å². The number of ether oxygens (including phenoxy) is 2. The van der Waals surface area contributed by atoms with Crippen LogP contribution in [0.25, 0.3) is 0 Å². The van der Waals surface area contributed by atoms with Gasteiger partial charge in [0.05, 0.1) is 5.75 Å². The number of fused-ring (bicyclic) bond motifs is 1. The molecule has 0 spiro atoms. The smallest absolute Gasteiger partial charge is 0.233 e. The molecular formula is C20H21NO3S2. The summed E-state index contributed by atoms with van der Waals surface area (Å²) >= 11 is 3.55. The predicted molar refractivity (Wildman–Crippen MR) is 106 cm³/mol. The minimum absolute atomic E-state index is 0.109. The van der Waals surface area contributed by atoms with E-state index in [0.717, 1.165) is 29.2 Å². The molecule has 26 heavy (non-hydrogen) atoms. The molecule has 1 unspecified atom stereocenters. The van der Waals surface area contributed by atoms with Crippen molar-refractivity contribution in [2.24, 2.45) is 0 Å². The first-order valence-corrected chi connectivity index (χ1v) is 10.8. The third kappa shape index (κ3) is 3.67. The van der Waals surface area contributed by atoms with E-state index in [0.29, 0.717) is 12.3 Å². The first-order chi connectivity index (χ1) is 12.7. The van der Waals surface area contributed by atoms with E-state index in [4.69, 9.17) is 9.47 Å². The Labute approximate surface area is 162 Å². The molecule has 2 aliphatic heterocycles. The molecule has 0 radical (unpaired) electrons. The van der Waals surface area contributed by atoms with Crippen molar-refractivity contribution in [1.29, 1.82) is 0 Å². The summed E-state index contributed by atoms with van der Waals surface area (Å²) in [5.74, 6) is 3.43. The van der Waals surface area contributed by atoms with Gasteiger partial charge in [0.15, 0.2) is 11.5 Å². The van der Waals surface area contributed by atoms with Gasteiger partial charge in [-0.1, -0.05) is 25.1 Å². The average Bonchev–Trinajstić information content (AvgIpc) is 3.27. The molecule has 1 fully saturated rings. The van der Waals surface area contributed by atoms with E-state index >= 15 is 0 Å². The number of benzene rings is 2. The van der Waals surface area contributed by atoms with Gasteiger partial charge in [-0.25, -0.2) is 0 Å². The van der Waals surface area contributed by atoms with Crippen molar-refractivity contribution in [3.63, 3.8) is 0 Å². The molecule has 0 aromatic heterocycles. The molecule has 2 aliphatic rings. The van der Waals surface area contributed by atoms with Gasteiger partial charge in [0.2, 0.25) is 12.7 Å². The normalized spacial score (nSPS) is 18.6. The Morgan fingerprint density at radius 3 is 2.77 bits per heavy atom. The van der Waals surface area contributed by atoms with Gasteiger partial charge in [-0.3, -0.25) is 4.79 Å². The lowest BCUT2D eigenvalue weighted by Gasteiger charge is -2.24. The third-order valence-electron chi connectivity index (χ3n) is 4.52. The second-order valence-electron chi connectivity index (χ2n) is 6.19. The Bertz CT molecular complexity index is 794. The van der Waals surface area contributed by atoms with E-state index < -0.39 is 0 Å². The summed E-state index contributed by atoms with van der Waals surface area (Å²) in [6.07, 6.45) is 0.809. The number of hydrogen-bond acceptors (Lipinski definition) is 5. The quantitative estimate of drug-likeness (QED) is 0.689. The first kappa shape index (κ1) is 17.6. The fourth-order valence-electron chi connectivity index (χ4n) is 3.21. The van der Waals surface area contributed by atoms with Crippen molar-refractivity contribution in [2.75, 3.05) is 24.8 Å². The largest absolute Gasteiger partial charge is 0.454 e. The molecule has 4 rings (SSSR count). The van der Waals surface area contributed by atoms with Gasteiger partial charge in [0.25, 0.3) is 0 Å². The molecule has 0 bridgehead atoms. The second kappa shape index (κ2) is 7.84. The molecule has 136 valence electrons. The van der Waals surface area contributed by atoms with Gasteiger partial charge in [-0.15, -0.1) is 23.5 Å². The Morgan fingerprint density at radius 2 is 1.96 bits per heavy atom. The number of rotatable bonds is 6. The van der Waals surface area contributed by atoms with E-state index in [-0.39, 0.29) is 18.1 Å². The lowest BCUT2D eigenvalue weighted by molar-refractivity contribution is -0.128. The van der Waals surface area contributed by atoms with Crippen molar-refractivity contribution in [3.05, 3.63) is 53.6 Å². The monoisotopic (exact) mass is 387 g/mol. The zero-order chi connectivity index (χ0) is 17.9. The van der Waals surface area contributed by atoms with Crippen LogP contribution >= 0.6 is 23.5 Å². The van der Waals surface area contributed by atoms with Crippen LogP contribution in [0.2, 0.25) is 0 Å². The van der Waals surface area contributed by atoms with E-state index in [1.807, 2.05) is 34.9 Å². The Balaban J connectivity index is 1.44. The fraction of sp³-hybridized carbons (Fsp3) is 0.350. The highest BCUT2D eigenvalue weighted by atomic mass is 32.2.